The predicted molar refractivity (Wildman–Crippen MR) is 227 cm³/mol. The van der Waals surface area contributed by atoms with Crippen LogP contribution in [-0.2, 0) is 60.9 Å². The molecule has 5 atom stereocenters. The molecular formula is C43H47N11O9. The molecule has 0 bridgehead atoms. The zero-order valence-electron chi connectivity index (χ0n) is 33.7. The highest BCUT2D eigenvalue weighted by Gasteiger charge is 2.33. The van der Waals surface area contributed by atoms with Crippen molar-refractivity contribution in [1.82, 2.24) is 51.5 Å². The van der Waals surface area contributed by atoms with E-state index in [9.17, 15) is 44.1 Å². The molecule has 328 valence electrons. The number of benzene rings is 3. The molecule has 0 saturated heterocycles. The number of hydrogen-bond donors (Lipinski definition) is 12. The summed E-state index contributed by atoms with van der Waals surface area (Å²) in [7, 11) is 0. The maximum Gasteiger partial charge on any atom is 0.322 e. The Morgan fingerprint density at radius 2 is 1.03 bits per heavy atom. The number of rotatable bonds is 21. The van der Waals surface area contributed by atoms with Crippen molar-refractivity contribution in [3.8, 4) is 11.5 Å². The smallest absolute Gasteiger partial charge is 0.322 e. The molecule has 0 spiro atoms. The number of carboxylic acids is 1. The van der Waals surface area contributed by atoms with Crippen LogP contribution in [0.3, 0.4) is 0 Å². The first kappa shape index (κ1) is 44.5. The molecule has 0 aliphatic rings. The van der Waals surface area contributed by atoms with E-state index >= 15 is 0 Å². The molecule has 6 rings (SSSR count). The van der Waals surface area contributed by atoms with Gasteiger partial charge in [-0.15, -0.1) is 0 Å². The van der Waals surface area contributed by atoms with Gasteiger partial charge in [-0.3, -0.25) is 28.8 Å². The van der Waals surface area contributed by atoms with Gasteiger partial charge in [0.2, 0.25) is 29.5 Å². The molecule has 0 saturated carbocycles. The molecule has 6 aromatic rings. The van der Waals surface area contributed by atoms with Crippen LogP contribution in [0.25, 0.3) is 10.9 Å². The number of nitrogens with two attached hydrogens (primary N) is 1. The highest BCUT2D eigenvalue weighted by atomic mass is 16.4. The summed E-state index contributed by atoms with van der Waals surface area (Å²) in [5.74, 6) is -5.31. The van der Waals surface area contributed by atoms with Crippen molar-refractivity contribution < 1.29 is 44.1 Å². The maximum atomic E-state index is 14.4. The van der Waals surface area contributed by atoms with Crippen LogP contribution in [0.4, 0.5) is 0 Å². The number of carboxylic acid groups (broad SMARTS) is 1. The molecular weight excluding hydrogens is 815 g/mol. The Hall–Kier alpha value is -8.00. The first-order valence-electron chi connectivity index (χ1n) is 19.8. The van der Waals surface area contributed by atoms with Crippen molar-refractivity contribution in [2.45, 2.75) is 62.3 Å². The summed E-state index contributed by atoms with van der Waals surface area (Å²) in [4.78, 5) is 97.8. The van der Waals surface area contributed by atoms with E-state index in [2.05, 4.69) is 51.5 Å². The fraction of sp³-hybridized carbons (Fsp3) is 0.256. The second-order valence-corrected chi connectivity index (χ2v) is 14.8. The molecule has 3 aromatic carbocycles. The van der Waals surface area contributed by atoms with Gasteiger partial charge in [-0.25, -0.2) is 9.97 Å². The molecule has 0 radical (unpaired) electrons. The number of nitrogens with zero attached hydrogens (tertiary/aromatic N) is 2. The number of aromatic nitrogens is 5. The zero-order chi connectivity index (χ0) is 44.9. The van der Waals surface area contributed by atoms with E-state index in [4.69, 9.17) is 5.73 Å². The Morgan fingerprint density at radius 1 is 0.571 bits per heavy atom. The van der Waals surface area contributed by atoms with Crippen LogP contribution in [0.5, 0.6) is 11.5 Å². The number of amides is 5. The van der Waals surface area contributed by atoms with Gasteiger partial charge >= 0.3 is 5.97 Å². The predicted octanol–water partition coefficient (Wildman–Crippen LogP) is 0.00590. The Kier molecular flexibility index (Phi) is 14.8. The minimum atomic E-state index is -1.40. The molecule has 5 amide bonds. The summed E-state index contributed by atoms with van der Waals surface area (Å²) >= 11 is 0. The molecule has 63 heavy (non-hydrogen) atoms. The standard InChI is InChI=1S/C43H47N11O9/c44-32(15-26-18-47-33-4-2-1-3-31(26)33)39(59)51-37(17-28-20-46-23-50-28)43(63)53-34(13-24-5-9-29(55)10-6-24)41(61)52-35(14-25-7-11-30(56)12-8-25)42(62)54-36(16-27-19-45-22-49-27)40(60)48-21-38(57)58/h1-12,18-20,22-23,32,34-37,47,55-56H,13-17,21,44H2,(H,45,49)(H,46,50)(H,48,60)(H,51,59)(H,52,61)(H,53,63)(H,54,62)(H,57,58)/t32-,34-,35-,36-,37-/m0/s1. The second kappa shape index (κ2) is 21.0. The second-order valence-electron chi connectivity index (χ2n) is 14.8. The fourth-order valence-corrected chi connectivity index (χ4v) is 6.82. The van der Waals surface area contributed by atoms with Crippen LogP contribution in [0.1, 0.15) is 28.1 Å². The minimum Gasteiger partial charge on any atom is -0.508 e. The quantitative estimate of drug-likeness (QED) is 0.0456. The molecule has 13 N–H and O–H groups in total. The van der Waals surface area contributed by atoms with Crippen LogP contribution in [0.15, 0.2) is 104 Å². The lowest BCUT2D eigenvalue weighted by Crippen LogP contribution is -2.60. The Morgan fingerprint density at radius 3 is 1.51 bits per heavy atom. The lowest BCUT2D eigenvalue weighted by molar-refractivity contribution is -0.138. The van der Waals surface area contributed by atoms with E-state index in [0.29, 0.717) is 22.5 Å². The number of carbonyl (C=O) groups is 6. The third-order valence-corrected chi connectivity index (χ3v) is 10.1. The molecule has 3 aromatic heterocycles. The zero-order valence-corrected chi connectivity index (χ0v) is 33.7. The topological polar surface area (TPSA) is 322 Å². The van der Waals surface area contributed by atoms with Gasteiger partial charge < -0.3 is 62.6 Å². The number of aromatic amines is 3. The first-order valence-corrected chi connectivity index (χ1v) is 19.8. The first-order chi connectivity index (χ1) is 30.3. The van der Waals surface area contributed by atoms with Gasteiger partial charge in [0.05, 0.1) is 18.7 Å². The number of hydrogen-bond acceptors (Lipinski definition) is 11. The van der Waals surface area contributed by atoms with Crippen LogP contribution >= 0.6 is 0 Å². The fourth-order valence-electron chi connectivity index (χ4n) is 6.82. The van der Waals surface area contributed by atoms with Crippen molar-refractivity contribution in [3.05, 3.63) is 132 Å². The van der Waals surface area contributed by atoms with Gasteiger partial charge in [0.1, 0.15) is 42.2 Å². The number of phenols is 2. The number of para-hydroxylation sites is 1. The van der Waals surface area contributed by atoms with E-state index in [0.717, 1.165) is 16.5 Å². The van der Waals surface area contributed by atoms with Crippen LogP contribution in [-0.4, -0.2) is 112 Å². The van der Waals surface area contributed by atoms with Crippen molar-refractivity contribution in [3.63, 3.8) is 0 Å². The van der Waals surface area contributed by atoms with Crippen LogP contribution in [0, 0.1) is 0 Å². The molecule has 0 aliphatic heterocycles. The van der Waals surface area contributed by atoms with Crippen molar-refractivity contribution in [2.75, 3.05) is 6.54 Å². The third kappa shape index (κ3) is 12.8. The minimum absolute atomic E-state index is 0.0437. The van der Waals surface area contributed by atoms with E-state index in [1.54, 1.807) is 18.3 Å². The Labute approximate surface area is 359 Å². The molecule has 0 fully saturated rings. The van der Waals surface area contributed by atoms with Gasteiger partial charge in [-0.05, 0) is 53.4 Å². The summed E-state index contributed by atoms with van der Waals surface area (Å²) in [6.07, 6.45) is 7.10. The highest BCUT2D eigenvalue weighted by molar-refractivity contribution is 5.96. The molecule has 20 nitrogen and oxygen atoms in total. The van der Waals surface area contributed by atoms with Crippen LogP contribution in [0.2, 0.25) is 0 Å². The summed E-state index contributed by atoms with van der Waals surface area (Å²) in [5, 5.41) is 43.0. The van der Waals surface area contributed by atoms with Gasteiger partial charge in [0, 0.05) is 66.6 Å². The average Bonchev–Trinajstić information content (AvgIpc) is 4.07. The van der Waals surface area contributed by atoms with E-state index in [1.807, 2.05) is 24.3 Å². The Bertz CT molecular complexity index is 2490. The van der Waals surface area contributed by atoms with Crippen molar-refractivity contribution >= 4 is 46.4 Å². The molecule has 0 unspecified atom stereocenters. The average molecular weight is 862 g/mol. The lowest BCUT2D eigenvalue weighted by atomic mass is 10.0. The number of fused-ring (bicyclic) bond motifs is 1. The summed E-state index contributed by atoms with van der Waals surface area (Å²) in [6.45, 7) is -0.724. The van der Waals surface area contributed by atoms with E-state index < -0.39 is 72.3 Å². The SMILES string of the molecule is N[C@@H](Cc1c[nH]c2ccccc12)C(=O)N[C@@H](Cc1cnc[nH]1)C(=O)N[C@@H](Cc1ccc(O)cc1)C(=O)N[C@@H](Cc1ccc(O)cc1)C(=O)N[C@@H](Cc1cnc[nH]1)C(=O)NCC(=O)O. The number of nitrogens with one attached hydrogen (secondary N) is 8. The van der Waals surface area contributed by atoms with Gasteiger partial charge in [-0.1, -0.05) is 42.5 Å². The van der Waals surface area contributed by atoms with Gasteiger partial charge in [0.15, 0.2) is 0 Å². The summed E-state index contributed by atoms with van der Waals surface area (Å²) in [6, 6.07) is 12.8. The number of H-pyrrole nitrogens is 3. The largest absolute Gasteiger partial charge is 0.508 e. The number of imidazole rings is 2. The number of aromatic hydroxyl groups is 2. The molecule has 20 heteroatoms. The number of phenolic OH excluding ortho intramolecular Hbond substituents is 2. The van der Waals surface area contributed by atoms with E-state index in [1.165, 1.54) is 61.4 Å². The van der Waals surface area contributed by atoms with Crippen molar-refractivity contribution in [2.24, 2.45) is 5.73 Å². The molecule has 3 heterocycles. The lowest BCUT2D eigenvalue weighted by Gasteiger charge is -2.27. The monoisotopic (exact) mass is 861 g/mol. The van der Waals surface area contributed by atoms with Crippen LogP contribution < -0.4 is 32.3 Å². The van der Waals surface area contributed by atoms with Gasteiger partial charge in [0.25, 0.3) is 0 Å². The Balaban J connectivity index is 1.25. The van der Waals surface area contributed by atoms with E-state index in [-0.39, 0.29) is 43.6 Å². The summed E-state index contributed by atoms with van der Waals surface area (Å²) in [5.41, 5.74) is 10.00. The molecule has 0 aliphatic carbocycles. The number of aliphatic carboxylic acids is 1. The summed E-state index contributed by atoms with van der Waals surface area (Å²) < 4.78 is 0. The third-order valence-electron chi connectivity index (χ3n) is 10.1. The number of carbonyl (C=O) groups excluding carboxylic acids is 5. The normalized spacial score (nSPS) is 13.5. The van der Waals surface area contributed by atoms with Gasteiger partial charge in [-0.2, -0.15) is 0 Å². The maximum absolute atomic E-state index is 14.4. The van der Waals surface area contributed by atoms with Crippen molar-refractivity contribution in [1.29, 1.82) is 0 Å². The highest BCUT2D eigenvalue weighted by Crippen LogP contribution is 2.19.